The second-order valence-corrected chi connectivity index (χ2v) is 6.28. The molecule has 0 spiro atoms. The van der Waals surface area contributed by atoms with Crippen LogP contribution in [-0.2, 0) is 9.47 Å². The highest BCUT2D eigenvalue weighted by Crippen LogP contribution is 2.21. The van der Waals surface area contributed by atoms with Crippen molar-refractivity contribution in [2.45, 2.75) is 71.4 Å². The van der Waals surface area contributed by atoms with Crippen LogP contribution < -0.4 is 0 Å². The smallest absolute Gasteiger partial charge is 0.410 e. The molecule has 0 aliphatic carbocycles. The van der Waals surface area contributed by atoms with E-state index in [2.05, 4.69) is 0 Å². The minimum atomic E-state index is -1.02. The van der Waals surface area contributed by atoms with Crippen molar-refractivity contribution in [3.63, 3.8) is 0 Å². The molecule has 1 saturated heterocycles. The monoisotopic (exact) mass is 275 g/mol. The van der Waals surface area contributed by atoms with Gasteiger partial charge in [-0.25, -0.2) is 9.18 Å². The molecule has 1 aliphatic rings. The number of alkyl halides is 1. The molecule has 1 amide bonds. The third-order valence-corrected chi connectivity index (χ3v) is 2.86. The highest BCUT2D eigenvalue weighted by molar-refractivity contribution is 5.68. The van der Waals surface area contributed by atoms with Gasteiger partial charge in [0, 0.05) is 13.1 Å². The molecule has 2 unspecified atom stereocenters. The second kappa shape index (κ2) is 6.55. The molecule has 0 saturated carbocycles. The summed E-state index contributed by atoms with van der Waals surface area (Å²) < 4.78 is 24.8. The number of carbonyl (C=O) groups excluding carboxylic acids is 1. The van der Waals surface area contributed by atoms with Gasteiger partial charge in [0.2, 0.25) is 0 Å². The fourth-order valence-electron chi connectivity index (χ4n) is 2.05. The van der Waals surface area contributed by atoms with Gasteiger partial charge in [-0.2, -0.15) is 0 Å². The van der Waals surface area contributed by atoms with Crippen molar-refractivity contribution in [1.82, 2.24) is 4.90 Å². The van der Waals surface area contributed by atoms with Gasteiger partial charge < -0.3 is 14.4 Å². The van der Waals surface area contributed by atoms with E-state index in [-0.39, 0.29) is 12.2 Å². The van der Waals surface area contributed by atoms with Crippen LogP contribution in [0, 0.1) is 0 Å². The van der Waals surface area contributed by atoms with E-state index in [0.29, 0.717) is 25.9 Å². The first kappa shape index (κ1) is 16.2. The Kier molecular flexibility index (Phi) is 5.59. The van der Waals surface area contributed by atoms with Crippen LogP contribution in [-0.4, -0.2) is 48.1 Å². The van der Waals surface area contributed by atoms with Crippen LogP contribution in [0.25, 0.3) is 0 Å². The van der Waals surface area contributed by atoms with Crippen LogP contribution in [0.1, 0.15) is 47.5 Å². The summed E-state index contributed by atoms with van der Waals surface area (Å²) >= 11 is 0. The summed E-state index contributed by atoms with van der Waals surface area (Å²) in [6.07, 6.45) is -1.00. The highest BCUT2D eigenvalue weighted by atomic mass is 19.1. The molecule has 1 heterocycles. The maximum atomic E-state index is 13.9. The average Bonchev–Trinajstić information content (AvgIpc) is 2.39. The summed E-state index contributed by atoms with van der Waals surface area (Å²) in [6, 6.07) is 0. The second-order valence-electron chi connectivity index (χ2n) is 6.28. The van der Waals surface area contributed by atoms with Crippen molar-refractivity contribution in [3.8, 4) is 0 Å². The molecule has 5 heteroatoms. The van der Waals surface area contributed by atoms with Gasteiger partial charge in [0.05, 0.1) is 12.2 Å². The minimum Gasteiger partial charge on any atom is -0.444 e. The first-order chi connectivity index (χ1) is 8.69. The number of hydrogen-bond acceptors (Lipinski definition) is 3. The molecular formula is C14H26FNO3. The summed E-state index contributed by atoms with van der Waals surface area (Å²) in [5.41, 5.74) is -0.521. The van der Waals surface area contributed by atoms with Crippen LogP contribution in [0.4, 0.5) is 9.18 Å². The average molecular weight is 275 g/mol. The number of hydrogen-bond donors (Lipinski definition) is 0. The fraction of sp³-hybridized carbons (Fsp3) is 0.929. The van der Waals surface area contributed by atoms with E-state index in [9.17, 15) is 9.18 Å². The molecule has 1 rings (SSSR count). The van der Waals surface area contributed by atoms with Crippen molar-refractivity contribution in [1.29, 1.82) is 0 Å². The number of rotatable bonds is 2. The zero-order valence-corrected chi connectivity index (χ0v) is 12.6. The predicted molar refractivity (Wildman–Crippen MR) is 71.9 cm³/mol. The standard InChI is InChI=1S/C14H26FNO3/c1-10(2)18-12-7-9-16(8-6-11(12)15)13(17)19-14(3,4)5/h10-12H,6-9H2,1-5H3. The van der Waals surface area contributed by atoms with Crippen LogP contribution >= 0.6 is 0 Å². The molecule has 1 fully saturated rings. The van der Waals surface area contributed by atoms with Crippen molar-refractivity contribution in [2.24, 2.45) is 0 Å². The van der Waals surface area contributed by atoms with Gasteiger partial charge >= 0.3 is 6.09 Å². The molecule has 0 N–H and O–H groups in total. The summed E-state index contributed by atoms with van der Waals surface area (Å²) in [5, 5.41) is 0. The van der Waals surface area contributed by atoms with Crippen LogP contribution in [0.3, 0.4) is 0 Å². The van der Waals surface area contributed by atoms with Gasteiger partial charge in [0.1, 0.15) is 11.8 Å². The predicted octanol–water partition coefficient (Wildman–Crippen LogP) is 3.15. The van der Waals surface area contributed by atoms with E-state index < -0.39 is 17.9 Å². The normalized spacial score (nSPS) is 25.3. The van der Waals surface area contributed by atoms with Gasteiger partial charge in [0.25, 0.3) is 0 Å². The highest BCUT2D eigenvalue weighted by Gasteiger charge is 2.31. The molecular weight excluding hydrogens is 249 g/mol. The van der Waals surface area contributed by atoms with E-state index in [0.717, 1.165) is 0 Å². The Bertz CT molecular complexity index is 302. The topological polar surface area (TPSA) is 38.8 Å². The van der Waals surface area contributed by atoms with Crippen LogP contribution in [0.15, 0.2) is 0 Å². The molecule has 0 radical (unpaired) electrons. The number of likely N-dealkylation sites (tertiary alicyclic amines) is 1. The Morgan fingerprint density at radius 3 is 2.37 bits per heavy atom. The van der Waals surface area contributed by atoms with E-state index >= 15 is 0 Å². The molecule has 2 atom stereocenters. The lowest BCUT2D eigenvalue weighted by atomic mass is 10.1. The van der Waals surface area contributed by atoms with Gasteiger partial charge in [-0.1, -0.05) is 0 Å². The lowest BCUT2D eigenvalue weighted by Gasteiger charge is -2.26. The largest absolute Gasteiger partial charge is 0.444 e. The Balaban J connectivity index is 2.55. The summed E-state index contributed by atoms with van der Waals surface area (Å²) in [6.45, 7) is 10.1. The van der Waals surface area contributed by atoms with Crippen molar-refractivity contribution in [3.05, 3.63) is 0 Å². The quantitative estimate of drug-likeness (QED) is 0.777. The van der Waals surface area contributed by atoms with E-state index in [1.54, 1.807) is 4.90 Å². The maximum Gasteiger partial charge on any atom is 0.410 e. The fourth-order valence-corrected chi connectivity index (χ4v) is 2.05. The van der Waals surface area contributed by atoms with Gasteiger partial charge in [0.15, 0.2) is 0 Å². The SMILES string of the molecule is CC(C)OC1CCN(C(=O)OC(C)(C)C)CCC1F. The summed E-state index contributed by atoms with van der Waals surface area (Å²) in [5.74, 6) is 0. The third kappa shape index (κ3) is 5.76. The number of carbonyl (C=O) groups is 1. The zero-order chi connectivity index (χ0) is 14.6. The molecule has 4 nitrogen and oxygen atoms in total. The Morgan fingerprint density at radius 1 is 1.26 bits per heavy atom. The van der Waals surface area contributed by atoms with Crippen molar-refractivity contribution >= 4 is 6.09 Å². The number of amides is 1. The van der Waals surface area contributed by atoms with Crippen LogP contribution in [0.2, 0.25) is 0 Å². The maximum absolute atomic E-state index is 13.9. The zero-order valence-electron chi connectivity index (χ0n) is 12.6. The minimum absolute atomic E-state index is 0.00340. The van der Waals surface area contributed by atoms with Gasteiger partial charge in [-0.15, -0.1) is 0 Å². The number of halogens is 1. The Hall–Kier alpha value is -0.840. The van der Waals surface area contributed by atoms with Crippen molar-refractivity contribution < 1.29 is 18.7 Å². The molecule has 19 heavy (non-hydrogen) atoms. The molecule has 0 bridgehead atoms. The van der Waals surface area contributed by atoms with Gasteiger partial charge in [-0.05, 0) is 47.5 Å². The Labute approximate surface area is 115 Å². The third-order valence-electron chi connectivity index (χ3n) is 2.86. The molecule has 0 aromatic rings. The molecule has 0 aromatic heterocycles. The lowest BCUT2D eigenvalue weighted by Crippen LogP contribution is -2.37. The van der Waals surface area contributed by atoms with E-state index in [1.807, 2.05) is 34.6 Å². The lowest BCUT2D eigenvalue weighted by molar-refractivity contribution is -0.0382. The first-order valence-corrected chi connectivity index (χ1v) is 6.96. The molecule has 1 aliphatic heterocycles. The first-order valence-electron chi connectivity index (χ1n) is 6.96. The molecule has 0 aromatic carbocycles. The van der Waals surface area contributed by atoms with Crippen LogP contribution in [0.5, 0.6) is 0 Å². The number of nitrogens with zero attached hydrogens (tertiary/aromatic N) is 1. The van der Waals surface area contributed by atoms with E-state index in [4.69, 9.17) is 9.47 Å². The Morgan fingerprint density at radius 2 is 1.84 bits per heavy atom. The van der Waals surface area contributed by atoms with Crippen molar-refractivity contribution in [2.75, 3.05) is 13.1 Å². The van der Waals surface area contributed by atoms with E-state index in [1.165, 1.54) is 0 Å². The summed E-state index contributed by atoms with van der Waals surface area (Å²) in [4.78, 5) is 13.5. The number of ether oxygens (including phenoxy) is 2. The van der Waals surface area contributed by atoms with Gasteiger partial charge in [-0.3, -0.25) is 0 Å². The summed E-state index contributed by atoms with van der Waals surface area (Å²) in [7, 11) is 0. The molecule has 112 valence electrons.